The molecule has 1 aromatic carbocycles. The van der Waals surface area contributed by atoms with Crippen LogP contribution < -0.4 is 0 Å². The molecule has 0 bridgehead atoms. The zero-order valence-corrected chi connectivity index (χ0v) is 13.0. The van der Waals surface area contributed by atoms with E-state index in [1.165, 1.54) is 6.42 Å². The summed E-state index contributed by atoms with van der Waals surface area (Å²) in [5.74, 6) is 0.735. The highest BCUT2D eigenvalue weighted by atomic mass is 16.2. The van der Waals surface area contributed by atoms with E-state index < -0.39 is 0 Å². The van der Waals surface area contributed by atoms with E-state index in [1.54, 1.807) is 0 Å². The van der Waals surface area contributed by atoms with Gasteiger partial charge in [0.15, 0.2) is 0 Å². The number of carbonyl (C=O) groups is 2. The molecule has 0 atom stereocenters. The third-order valence-electron chi connectivity index (χ3n) is 4.81. The second kappa shape index (κ2) is 6.95. The lowest BCUT2D eigenvalue weighted by atomic mass is 9.84. The number of carbonyl (C=O) groups excluding carboxylic acids is 2. The van der Waals surface area contributed by atoms with Gasteiger partial charge in [-0.2, -0.15) is 0 Å². The summed E-state index contributed by atoms with van der Waals surface area (Å²) in [6.45, 7) is 2.92. The standard InChI is InChI=1S/C18H24N2O2/c21-17(14-15-6-2-1-3-7-15)19-10-5-11-20(13-12-19)18(22)16-8-4-9-16/h1-3,6-7,16H,4-5,8-14H2. The lowest BCUT2D eigenvalue weighted by Crippen LogP contribution is -2.41. The van der Waals surface area contributed by atoms with Crippen LogP contribution in [0.5, 0.6) is 0 Å². The number of hydrogen-bond donors (Lipinski definition) is 0. The molecule has 118 valence electrons. The largest absolute Gasteiger partial charge is 0.341 e. The van der Waals surface area contributed by atoms with Gasteiger partial charge in [0.25, 0.3) is 0 Å². The number of benzene rings is 1. The van der Waals surface area contributed by atoms with Gasteiger partial charge in [-0.3, -0.25) is 9.59 Å². The van der Waals surface area contributed by atoms with Gasteiger partial charge in [0, 0.05) is 32.1 Å². The Morgan fingerprint density at radius 3 is 2.27 bits per heavy atom. The van der Waals surface area contributed by atoms with Gasteiger partial charge >= 0.3 is 0 Å². The average molecular weight is 300 g/mol. The summed E-state index contributed by atoms with van der Waals surface area (Å²) < 4.78 is 0. The van der Waals surface area contributed by atoms with E-state index in [-0.39, 0.29) is 11.8 Å². The van der Waals surface area contributed by atoms with E-state index in [9.17, 15) is 9.59 Å². The highest BCUT2D eigenvalue weighted by Crippen LogP contribution is 2.28. The minimum Gasteiger partial charge on any atom is -0.341 e. The second-order valence-corrected chi connectivity index (χ2v) is 6.35. The first kappa shape index (κ1) is 15.1. The number of nitrogens with zero attached hydrogens (tertiary/aromatic N) is 2. The summed E-state index contributed by atoms with van der Waals surface area (Å²) in [6, 6.07) is 9.86. The Bertz CT molecular complexity index is 525. The van der Waals surface area contributed by atoms with Gasteiger partial charge in [0.1, 0.15) is 0 Å². The Kier molecular flexibility index (Phi) is 4.76. The molecule has 1 heterocycles. The Morgan fingerprint density at radius 1 is 0.909 bits per heavy atom. The molecule has 1 aliphatic carbocycles. The third kappa shape index (κ3) is 3.49. The summed E-state index contributed by atoms with van der Waals surface area (Å²) in [7, 11) is 0. The summed E-state index contributed by atoms with van der Waals surface area (Å²) >= 11 is 0. The van der Waals surface area contributed by atoms with Crippen LogP contribution in [0.2, 0.25) is 0 Å². The van der Waals surface area contributed by atoms with Crippen LogP contribution in [0.15, 0.2) is 30.3 Å². The van der Waals surface area contributed by atoms with Crippen LogP contribution in [0.4, 0.5) is 0 Å². The van der Waals surface area contributed by atoms with Crippen molar-refractivity contribution in [2.24, 2.45) is 5.92 Å². The van der Waals surface area contributed by atoms with Gasteiger partial charge in [-0.25, -0.2) is 0 Å². The fraction of sp³-hybridized carbons (Fsp3) is 0.556. The molecule has 0 aromatic heterocycles. The minimum absolute atomic E-state index is 0.171. The van der Waals surface area contributed by atoms with E-state index in [4.69, 9.17) is 0 Å². The zero-order chi connectivity index (χ0) is 15.4. The monoisotopic (exact) mass is 300 g/mol. The lowest BCUT2D eigenvalue weighted by molar-refractivity contribution is -0.138. The predicted molar refractivity (Wildman–Crippen MR) is 85.3 cm³/mol. The Morgan fingerprint density at radius 2 is 1.59 bits per heavy atom. The molecule has 1 aliphatic heterocycles. The van der Waals surface area contributed by atoms with Crippen molar-refractivity contribution in [2.45, 2.75) is 32.1 Å². The Labute approximate surface area is 132 Å². The highest BCUT2D eigenvalue weighted by Gasteiger charge is 2.30. The van der Waals surface area contributed by atoms with Gasteiger partial charge in [-0.15, -0.1) is 0 Å². The fourth-order valence-electron chi connectivity index (χ4n) is 3.18. The second-order valence-electron chi connectivity index (χ2n) is 6.35. The molecule has 22 heavy (non-hydrogen) atoms. The van der Waals surface area contributed by atoms with Crippen LogP contribution in [0.25, 0.3) is 0 Å². The van der Waals surface area contributed by atoms with Crippen LogP contribution in [-0.2, 0) is 16.0 Å². The summed E-state index contributed by atoms with van der Waals surface area (Å²) in [5.41, 5.74) is 1.05. The number of rotatable bonds is 3. The van der Waals surface area contributed by atoms with Crippen LogP contribution in [0.1, 0.15) is 31.2 Å². The highest BCUT2D eigenvalue weighted by molar-refractivity contribution is 5.80. The van der Waals surface area contributed by atoms with Crippen LogP contribution in [0.3, 0.4) is 0 Å². The van der Waals surface area contributed by atoms with Crippen molar-refractivity contribution in [1.29, 1.82) is 0 Å². The van der Waals surface area contributed by atoms with E-state index in [0.29, 0.717) is 25.4 Å². The van der Waals surface area contributed by atoms with Crippen molar-refractivity contribution in [3.63, 3.8) is 0 Å². The van der Waals surface area contributed by atoms with E-state index >= 15 is 0 Å². The van der Waals surface area contributed by atoms with Gasteiger partial charge in [-0.1, -0.05) is 36.8 Å². The fourth-order valence-corrected chi connectivity index (χ4v) is 3.18. The van der Waals surface area contributed by atoms with Crippen molar-refractivity contribution in [1.82, 2.24) is 9.80 Å². The smallest absolute Gasteiger partial charge is 0.227 e. The van der Waals surface area contributed by atoms with E-state index in [1.807, 2.05) is 40.1 Å². The predicted octanol–water partition coefficient (Wildman–Crippen LogP) is 2.09. The van der Waals surface area contributed by atoms with Crippen molar-refractivity contribution < 1.29 is 9.59 Å². The molecule has 1 saturated carbocycles. The van der Waals surface area contributed by atoms with E-state index in [2.05, 4.69) is 0 Å². The molecule has 3 rings (SSSR count). The molecule has 2 fully saturated rings. The maximum atomic E-state index is 12.4. The molecule has 0 radical (unpaired) electrons. The van der Waals surface area contributed by atoms with Gasteiger partial charge in [0.2, 0.25) is 11.8 Å². The van der Waals surface area contributed by atoms with Gasteiger partial charge in [-0.05, 0) is 24.8 Å². The zero-order valence-electron chi connectivity index (χ0n) is 13.0. The first-order valence-electron chi connectivity index (χ1n) is 8.34. The first-order valence-corrected chi connectivity index (χ1v) is 8.34. The number of hydrogen-bond acceptors (Lipinski definition) is 2. The SMILES string of the molecule is O=C(Cc1ccccc1)N1CCCN(C(=O)C2CCC2)CC1. The normalized spacial score (nSPS) is 19.5. The van der Waals surface area contributed by atoms with Crippen molar-refractivity contribution >= 4 is 11.8 Å². The van der Waals surface area contributed by atoms with E-state index in [0.717, 1.165) is 37.9 Å². The van der Waals surface area contributed by atoms with Gasteiger partial charge in [0.05, 0.1) is 6.42 Å². The summed E-state index contributed by atoms with van der Waals surface area (Å²) in [4.78, 5) is 28.6. The summed E-state index contributed by atoms with van der Waals surface area (Å²) in [6.07, 6.45) is 4.63. The molecule has 0 unspecified atom stereocenters. The lowest BCUT2D eigenvalue weighted by Gasteiger charge is -2.31. The molecule has 1 aromatic rings. The van der Waals surface area contributed by atoms with Crippen molar-refractivity contribution in [3.8, 4) is 0 Å². The molecule has 0 spiro atoms. The molecule has 2 aliphatic rings. The summed E-state index contributed by atoms with van der Waals surface area (Å²) in [5, 5.41) is 0. The van der Waals surface area contributed by atoms with Crippen LogP contribution in [-0.4, -0.2) is 47.8 Å². The molecule has 2 amide bonds. The van der Waals surface area contributed by atoms with Crippen molar-refractivity contribution in [3.05, 3.63) is 35.9 Å². The molecule has 0 N–H and O–H groups in total. The topological polar surface area (TPSA) is 40.6 Å². The van der Waals surface area contributed by atoms with Crippen molar-refractivity contribution in [2.75, 3.05) is 26.2 Å². The quantitative estimate of drug-likeness (QED) is 0.857. The Balaban J connectivity index is 1.53. The van der Waals surface area contributed by atoms with Gasteiger partial charge < -0.3 is 9.80 Å². The molecule has 4 heteroatoms. The molecule has 1 saturated heterocycles. The number of amides is 2. The average Bonchev–Trinajstić information content (AvgIpc) is 2.72. The van der Waals surface area contributed by atoms with Crippen LogP contribution >= 0.6 is 0 Å². The maximum Gasteiger partial charge on any atom is 0.227 e. The molecular formula is C18H24N2O2. The third-order valence-corrected chi connectivity index (χ3v) is 4.81. The van der Waals surface area contributed by atoms with Crippen LogP contribution in [0, 0.1) is 5.92 Å². The minimum atomic E-state index is 0.171. The Hall–Kier alpha value is -1.84. The molecular weight excluding hydrogens is 276 g/mol. The maximum absolute atomic E-state index is 12.4. The molecule has 4 nitrogen and oxygen atoms in total. The first-order chi connectivity index (χ1) is 10.7.